The molecule has 0 spiro atoms. The van der Waals surface area contributed by atoms with Crippen molar-refractivity contribution in [1.29, 1.82) is 0 Å². The first-order valence-electron chi connectivity index (χ1n) is 6.36. The van der Waals surface area contributed by atoms with Crippen LogP contribution in [0.1, 0.15) is 19.8 Å². The van der Waals surface area contributed by atoms with E-state index < -0.39 is 5.97 Å². The van der Waals surface area contributed by atoms with Gasteiger partial charge in [-0.2, -0.15) is 0 Å². The van der Waals surface area contributed by atoms with E-state index in [2.05, 4.69) is 5.32 Å². The van der Waals surface area contributed by atoms with Gasteiger partial charge in [-0.25, -0.2) is 0 Å². The molecule has 0 saturated carbocycles. The molecule has 0 bridgehead atoms. The number of aliphatic carboxylic acids is 1. The first-order chi connectivity index (χ1) is 9.45. The average Bonchev–Trinajstić information content (AvgIpc) is 2.65. The van der Waals surface area contributed by atoms with Crippen molar-refractivity contribution in [3.63, 3.8) is 0 Å². The van der Waals surface area contributed by atoms with Gasteiger partial charge in [-0.3, -0.25) is 24.1 Å². The van der Waals surface area contributed by atoms with Gasteiger partial charge in [0.05, 0.1) is 11.5 Å². The Hall–Kier alpha value is -1.57. The lowest BCUT2D eigenvalue weighted by Crippen LogP contribution is -2.39. The Bertz CT molecular complexity index is 413. The fourth-order valence-corrected chi connectivity index (χ4v) is 2.46. The second kappa shape index (κ2) is 7.88. The average molecular weight is 302 g/mol. The molecule has 1 saturated heterocycles. The number of nitrogens with one attached hydrogen (secondary N) is 1. The Morgan fingerprint density at radius 1 is 1.40 bits per heavy atom. The van der Waals surface area contributed by atoms with Crippen molar-refractivity contribution in [2.24, 2.45) is 5.92 Å². The largest absolute Gasteiger partial charge is 0.481 e. The molecule has 1 aliphatic heterocycles. The summed E-state index contributed by atoms with van der Waals surface area (Å²) in [6.45, 7) is 2.23. The lowest BCUT2D eigenvalue weighted by molar-refractivity contribution is -0.139. The number of hydrogen-bond acceptors (Lipinski definition) is 5. The van der Waals surface area contributed by atoms with E-state index in [9.17, 15) is 19.2 Å². The summed E-state index contributed by atoms with van der Waals surface area (Å²) in [6.07, 6.45) is 0.886. The van der Waals surface area contributed by atoms with Gasteiger partial charge in [-0.05, 0) is 6.42 Å². The molecule has 2 N–H and O–H groups in total. The molecule has 1 rings (SSSR count). The van der Waals surface area contributed by atoms with Gasteiger partial charge in [0, 0.05) is 25.4 Å². The molecular formula is C12H18N2O5S. The zero-order chi connectivity index (χ0) is 15.1. The number of carbonyl (C=O) groups is 4. The van der Waals surface area contributed by atoms with Crippen LogP contribution in [0.15, 0.2) is 0 Å². The highest BCUT2D eigenvalue weighted by atomic mass is 32.2. The van der Waals surface area contributed by atoms with Gasteiger partial charge in [-0.15, -0.1) is 11.8 Å². The van der Waals surface area contributed by atoms with Crippen molar-refractivity contribution in [3.05, 3.63) is 0 Å². The topological polar surface area (TPSA) is 104 Å². The highest BCUT2D eigenvalue weighted by Crippen LogP contribution is 2.21. The van der Waals surface area contributed by atoms with Crippen LogP contribution in [0, 0.1) is 5.92 Å². The van der Waals surface area contributed by atoms with Gasteiger partial charge in [-0.1, -0.05) is 6.92 Å². The second-order valence-corrected chi connectivity index (χ2v) is 5.41. The van der Waals surface area contributed by atoms with E-state index in [1.807, 2.05) is 6.92 Å². The van der Waals surface area contributed by atoms with Gasteiger partial charge in [0.1, 0.15) is 0 Å². The molecule has 7 nitrogen and oxygen atoms in total. The van der Waals surface area contributed by atoms with Gasteiger partial charge >= 0.3 is 5.97 Å². The summed E-state index contributed by atoms with van der Waals surface area (Å²) in [6, 6.07) is 0. The third-order valence-corrected chi connectivity index (χ3v) is 3.86. The number of thioether (sulfide) groups is 1. The first kappa shape index (κ1) is 16.5. The zero-order valence-electron chi connectivity index (χ0n) is 11.3. The number of carbonyl (C=O) groups excluding carboxylic acids is 3. The fraction of sp³-hybridized carbons (Fsp3) is 0.667. The molecule has 1 heterocycles. The molecule has 1 aliphatic rings. The van der Waals surface area contributed by atoms with E-state index in [1.165, 1.54) is 4.90 Å². The third kappa shape index (κ3) is 4.84. The number of hydrogen-bond donors (Lipinski definition) is 2. The SMILES string of the molecule is CC[C@H]1CC(=O)N(CCNC(=O)CSCC(=O)O)C1=O. The summed E-state index contributed by atoms with van der Waals surface area (Å²) in [5.74, 6) is -1.96. The van der Waals surface area contributed by atoms with E-state index in [0.717, 1.165) is 11.8 Å². The molecule has 0 aromatic rings. The minimum atomic E-state index is -0.971. The van der Waals surface area contributed by atoms with Crippen LogP contribution in [0.5, 0.6) is 0 Å². The third-order valence-electron chi connectivity index (χ3n) is 2.95. The summed E-state index contributed by atoms with van der Waals surface area (Å²) in [4.78, 5) is 46.2. The maximum absolute atomic E-state index is 11.8. The molecular weight excluding hydrogens is 284 g/mol. The Morgan fingerprint density at radius 3 is 2.65 bits per heavy atom. The number of nitrogens with zero attached hydrogens (tertiary/aromatic N) is 1. The molecule has 1 fully saturated rings. The molecule has 1 atom stereocenters. The number of carboxylic acids is 1. The van der Waals surface area contributed by atoms with Crippen LogP contribution in [-0.4, -0.2) is 58.3 Å². The van der Waals surface area contributed by atoms with Crippen LogP contribution in [-0.2, 0) is 19.2 Å². The lowest BCUT2D eigenvalue weighted by atomic mass is 10.1. The van der Waals surface area contributed by atoms with Crippen LogP contribution in [0.4, 0.5) is 0 Å². The standard InChI is InChI=1S/C12H18N2O5S/c1-2-8-5-10(16)14(12(8)19)4-3-13-9(15)6-20-7-11(17)18/h8H,2-7H2,1H3,(H,13,15)(H,17,18)/t8-/m0/s1. The number of amides is 3. The Balaban J connectivity index is 2.23. The maximum atomic E-state index is 11.8. The highest BCUT2D eigenvalue weighted by molar-refractivity contribution is 8.00. The van der Waals surface area contributed by atoms with Crippen LogP contribution < -0.4 is 5.32 Å². The lowest BCUT2D eigenvalue weighted by Gasteiger charge is -2.14. The van der Waals surface area contributed by atoms with Gasteiger partial charge < -0.3 is 10.4 Å². The van der Waals surface area contributed by atoms with E-state index in [0.29, 0.717) is 6.42 Å². The molecule has 112 valence electrons. The molecule has 0 aliphatic carbocycles. The van der Waals surface area contributed by atoms with Crippen molar-refractivity contribution in [2.45, 2.75) is 19.8 Å². The minimum Gasteiger partial charge on any atom is -0.481 e. The first-order valence-corrected chi connectivity index (χ1v) is 7.51. The van der Waals surface area contributed by atoms with E-state index in [-0.39, 0.29) is 54.7 Å². The number of imide groups is 1. The predicted molar refractivity (Wildman–Crippen MR) is 73.1 cm³/mol. The Labute approximate surface area is 121 Å². The summed E-state index contributed by atoms with van der Waals surface area (Å²) in [7, 11) is 0. The zero-order valence-corrected chi connectivity index (χ0v) is 12.1. The maximum Gasteiger partial charge on any atom is 0.313 e. The predicted octanol–water partition coefficient (Wildman–Crippen LogP) is -0.294. The molecule has 0 radical (unpaired) electrons. The smallest absolute Gasteiger partial charge is 0.313 e. The van der Waals surface area contributed by atoms with Crippen molar-refractivity contribution in [3.8, 4) is 0 Å². The van der Waals surface area contributed by atoms with Crippen molar-refractivity contribution in [1.82, 2.24) is 10.2 Å². The molecule has 8 heteroatoms. The summed E-state index contributed by atoms with van der Waals surface area (Å²) >= 11 is 0.998. The van der Waals surface area contributed by atoms with Crippen LogP contribution in [0.3, 0.4) is 0 Å². The van der Waals surface area contributed by atoms with Gasteiger partial charge in [0.15, 0.2) is 0 Å². The molecule has 0 unspecified atom stereocenters. The van der Waals surface area contributed by atoms with Gasteiger partial charge in [0.2, 0.25) is 17.7 Å². The summed E-state index contributed by atoms with van der Waals surface area (Å²) in [5, 5.41) is 11.0. The van der Waals surface area contributed by atoms with Crippen molar-refractivity contribution >= 4 is 35.5 Å². The second-order valence-electron chi connectivity index (χ2n) is 4.43. The van der Waals surface area contributed by atoms with Crippen molar-refractivity contribution in [2.75, 3.05) is 24.6 Å². The summed E-state index contributed by atoms with van der Waals surface area (Å²) < 4.78 is 0. The molecule has 0 aromatic heterocycles. The quantitative estimate of drug-likeness (QED) is 0.597. The number of likely N-dealkylation sites (tertiary alicyclic amines) is 1. The highest BCUT2D eigenvalue weighted by Gasteiger charge is 2.36. The van der Waals surface area contributed by atoms with E-state index in [4.69, 9.17) is 5.11 Å². The van der Waals surface area contributed by atoms with E-state index in [1.54, 1.807) is 0 Å². The van der Waals surface area contributed by atoms with Crippen LogP contribution >= 0.6 is 11.8 Å². The Morgan fingerprint density at radius 2 is 2.10 bits per heavy atom. The summed E-state index contributed by atoms with van der Waals surface area (Å²) in [5.41, 5.74) is 0. The molecule has 0 aromatic carbocycles. The molecule has 3 amide bonds. The number of rotatable bonds is 8. The van der Waals surface area contributed by atoms with Crippen molar-refractivity contribution < 1.29 is 24.3 Å². The van der Waals surface area contributed by atoms with E-state index >= 15 is 0 Å². The monoisotopic (exact) mass is 302 g/mol. The fourth-order valence-electron chi connectivity index (χ4n) is 1.89. The Kier molecular flexibility index (Phi) is 6.50. The normalized spacial score (nSPS) is 18.4. The van der Waals surface area contributed by atoms with Crippen LogP contribution in [0.2, 0.25) is 0 Å². The number of carboxylic acid groups (broad SMARTS) is 1. The minimum absolute atomic E-state index is 0.0474. The molecule has 20 heavy (non-hydrogen) atoms. The van der Waals surface area contributed by atoms with Gasteiger partial charge in [0.25, 0.3) is 0 Å². The van der Waals surface area contributed by atoms with Crippen LogP contribution in [0.25, 0.3) is 0 Å².